The summed E-state index contributed by atoms with van der Waals surface area (Å²) in [7, 11) is 0. The van der Waals surface area contributed by atoms with E-state index in [0.29, 0.717) is 37.6 Å². The smallest absolute Gasteiger partial charge is 0.420 e. The van der Waals surface area contributed by atoms with Crippen molar-refractivity contribution in [2.24, 2.45) is 0 Å². The van der Waals surface area contributed by atoms with Crippen LogP contribution in [0.25, 0.3) is 11.1 Å². The van der Waals surface area contributed by atoms with Crippen molar-refractivity contribution in [3.63, 3.8) is 0 Å². The maximum atomic E-state index is 13.1. The minimum Gasteiger partial charge on any atom is -0.420 e. The second kappa shape index (κ2) is 8.99. The fourth-order valence-electron chi connectivity index (χ4n) is 4.91. The molecule has 2 aromatic heterocycles. The molecule has 2 atom stereocenters. The normalized spacial score (nSPS) is 20.9. The molecule has 2 fully saturated rings. The maximum absolute atomic E-state index is 13.1. The van der Waals surface area contributed by atoms with Crippen LogP contribution in [-0.4, -0.2) is 58.1 Å². The van der Waals surface area contributed by atoms with Crippen molar-refractivity contribution in [1.29, 1.82) is 0 Å². The number of nitrogens with one attached hydrogen (secondary N) is 1. The monoisotopic (exact) mass is 517 g/mol. The minimum atomic E-state index is -3.81. The molecule has 6 rings (SSSR count). The molecule has 1 N–H and O–H groups in total. The molecule has 2 saturated heterocycles. The molecule has 0 radical (unpaired) electrons. The number of morpholine rings is 1. The number of hydrogen-bond donors (Lipinski definition) is 1. The van der Waals surface area contributed by atoms with Gasteiger partial charge in [-0.1, -0.05) is 0 Å². The Labute approximate surface area is 209 Å². The largest absolute Gasteiger partial charge is 0.487 e. The Kier molecular flexibility index (Phi) is 5.78. The third kappa shape index (κ3) is 4.49. The molecule has 0 spiro atoms. The summed E-state index contributed by atoms with van der Waals surface area (Å²) < 4.78 is 43.3. The summed E-state index contributed by atoms with van der Waals surface area (Å²) in [6.07, 6.45) is 4.47. The highest BCUT2D eigenvalue weighted by Crippen LogP contribution is 2.39. The second-order valence-corrected chi connectivity index (χ2v) is 9.34. The summed E-state index contributed by atoms with van der Waals surface area (Å²) in [4.78, 5) is 20.1. The Morgan fingerprint density at radius 1 is 1.22 bits per heavy atom. The van der Waals surface area contributed by atoms with Gasteiger partial charge in [-0.25, -0.2) is 4.98 Å². The molecule has 1 amide bonds. The lowest BCUT2D eigenvalue weighted by molar-refractivity contribution is -0.0964. The van der Waals surface area contributed by atoms with Crippen LogP contribution in [0.15, 0.2) is 42.7 Å². The van der Waals surface area contributed by atoms with Gasteiger partial charge in [-0.15, -0.1) is 8.78 Å². The topological polar surface area (TPSA) is 90.7 Å². The number of pyridine rings is 1. The van der Waals surface area contributed by atoms with Crippen molar-refractivity contribution in [3.05, 3.63) is 54.0 Å². The van der Waals surface area contributed by atoms with Gasteiger partial charge >= 0.3 is 5.57 Å². The van der Waals surface area contributed by atoms with Crippen molar-refractivity contribution < 1.29 is 27.8 Å². The van der Waals surface area contributed by atoms with Gasteiger partial charge < -0.3 is 24.4 Å². The van der Waals surface area contributed by atoms with Crippen LogP contribution in [0.4, 0.5) is 20.3 Å². The van der Waals surface area contributed by atoms with E-state index in [-0.39, 0.29) is 17.9 Å². The van der Waals surface area contributed by atoms with E-state index in [4.69, 9.17) is 26.1 Å². The third-order valence-electron chi connectivity index (χ3n) is 6.57. The number of rotatable bonds is 6. The van der Waals surface area contributed by atoms with Gasteiger partial charge in [0.1, 0.15) is 11.6 Å². The summed E-state index contributed by atoms with van der Waals surface area (Å²) >= 11 is 4.80. The van der Waals surface area contributed by atoms with E-state index in [2.05, 4.69) is 20.1 Å². The Bertz CT molecular complexity index is 1300. The van der Waals surface area contributed by atoms with Crippen LogP contribution in [0.5, 0.6) is 5.75 Å². The van der Waals surface area contributed by atoms with E-state index in [1.807, 2.05) is 10.7 Å². The lowest BCUT2D eigenvalue weighted by Crippen LogP contribution is -2.38. The van der Waals surface area contributed by atoms with Gasteiger partial charge in [0.25, 0.3) is 5.91 Å². The van der Waals surface area contributed by atoms with Gasteiger partial charge in [0.2, 0.25) is 0 Å². The molecule has 3 aliphatic heterocycles. The second-order valence-electron chi connectivity index (χ2n) is 8.90. The number of halogens is 3. The summed E-state index contributed by atoms with van der Waals surface area (Å²) in [6.45, 7) is 3.08. The fourth-order valence-corrected chi connectivity index (χ4v) is 5.00. The summed E-state index contributed by atoms with van der Waals surface area (Å²) in [5, 5.41) is 7.28. The zero-order valence-electron chi connectivity index (χ0n) is 19.0. The number of carbonyl (C=O) groups excluding carboxylic acids is 1. The molecule has 36 heavy (non-hydrogen) atoms. The van der Waals surface area contributed by atoms with Crippen LogP contribution in [0.2, 0.25) is 0 Å². The SMILES string of the molecule is O=C(Nc1ccc(OC(F)(F)Cl)cc1)c1cnc(N2C[C@H]3C[C@@H]2CO3)c(-c2cnn3c2COCC3)c1. The van der Waals surface area contributed by atoms with Crippen LogP contribution >= 0.6 is 11.6 Å². The number of benzene rings is 1. The molecule has 5 heterocycles. The summed E-state index contributed by atoms with van der Waals surface area (Å²) in [5.74, 6) is 0.265. The van der Waals surface area contributed by atoms with Gasteiger partial charge in [0, 0.05) is 41.2 Å². The number of alkyl halides is 3. The number of fused-ring (bicyclic) bond motifs is 3. The highest BCUT2D eigenvalue weighted by molar-refractivity contribution is 6.20. The summed E-state index contributed by atoms with van der Waals surface area (Å²) in [5.41, 5.74) is -0.448. The average molecular weight is 518 g/mol. The fraction of sp³-hybridized carbons (Fsp3) is 0.375. The number of nitrogens with zero attached hydrogens (tertiary/aromatic N) is 4. The van der Waals surface area contributed by atoms with E-state index in [0.717, 1.165) is 35.6 Å². The Hall–Kier alpha value is -3.28. The predicted molar refractivity (Wildman–Crippen MR) is 126 cm³/mol. The van der Waals surface area contributed by atoms with E-state index in [1.54, 1.807) is 12.4 Å². The number of ether oxygens (including phenoxy) is 3. The number of amides is 1. The van der Waals surface area contributed by atoms with Gasteiger partial charge in [0.05, 0.1) is 56.0 Å². The van der Waals surface area contributed by atoms with E-state index in [9.17, 15) is 13.6 Å². The third-order valence-corrected chi connectivity index (χ3v) is 6.65. The van der Waals surface area contributed by atoms with Gasteiger partial charge in [0.15, 0.2) is 0 Å². The Morgan fingerprint density at radius 2 is 2.06 bits per heavy atom. The molecule has 0 saturated carbocycles. The molecular weight excluding hydrogens is 496 g/mol. The van der Waals surface area contributed by atoms with E-state index in [1.165, 1.54) is 24.3 Å². The molecular formula is C24H22ClF2N5O4. The standard InChI is InChI=1S/C24H22ClF2N5O4/c25-24(26,27)36-17-3-1-15(2-4-17)30-23(33)14-7-19(20-10-29-32-5-6-34-13-21(20)32)22(28-9-14)31-11-18-8-16(31)12-35-18/h1-4,7,9-10,16,18H,5-6,8,11-13H2,(H,30,33)/t16-,18-/m1/s1. The van der Waals surface area contributed by atoms with Crippen LogP contribution in [-0.2, 0) is 22.6 Å². The molecule has 0 unspecified atom stereocenters. The lowest BCUT2D eigenvalue weighted by atomic mass is 10.0. The van der Waals surface area contributed by atoms with Crippen LogP contribution in [0.3, 0.4) is 0 Å². The lowest BCUT2D eigenvalue weighted by Gasteiger charge is -2.30. The first-order valence-electron chi connectivity index (χ1n) is 11.5. The van der Waals surface area contributed by atoms with Gasteiger partial charge in [-0.05, 0) is 36.8 Å². The molecule has 2 bridgehead atoms. The van der Waals surface area contributed by atoms with Gasteiger partial charge in [-0.3, -0.25) is 9.48 Å². The van der Waals surface area contributed by atoms with Gasteiger partial charge in [-0.2, -0.15) is 5.10 Å². The first-order chi connectivity index (χ1) is 17.3. The Morgan fingerprint density at radius 3 is 2.78 bits per heavy atom. The molecule has 9 nitrogen and oxygen atoms in total. The van der Waals surface area contributed by atoms with E-state index < -0.39 is 11.5 Å². The van der Waals surface area contributed by atoms with Crippen molar-refractivity contribution in [1.82, 2.24) is 14.8 Å². The average Bonchev–Trinajstić information content (AvgIpc) is 3.60. The van der Waals surface area contributed by atoms with Crippen molar-refractivity contribution in [2.45, 2.75) is 37.3 Å². The number of aromatic nitrogens is 3. The predicted octanol–water partition coefficient (Wildman–Crippen LogP) is 3.87. The van der Waals surface area contributed by atoms with E-state index >= 15 is 0 Å². The maximum Gasteiger partial charge on any atom is 0.487 e. The molecule has 1 aromatic carbocycles. The Balaban J connectivity index is 1.30. The first-order valence-corrected chi connectivity index (χ1v) is 11.9. The molecule has 188 valence electrons. The highest BCUT2D eigenvalue weighted by Gasteiger charge is 2.41. The number of hydrogen-bond acceptors (Lipinski definition) is 7. The molecule has 0 aliphatic carbocycles. The van der Waals surface area contributed by atoms with Crippen LogP contribution in [0, 0.1) is 0 Å². The van der Waals surface area contributed by atoms with Crippen molar-refractivity contribution in [3.8, 4) is 16.9 Å². The first kappa shape index (κ1) is 23.1. The molecule has 3 aromatic rings. The molecule has 3 aliphatic rings. The number of anilines is 2. The zero-order chi connectivity index (χ0) is 24.9. The van der Waals surface area contributed by atoms with Crippen LogP contribution < -0.4 is 15.0 Å². The quantitative estimate of drug-likeness (QED) is 0.496. The van der Waals surface area contributed by atoms with Crippen molar-refractivity contribution >= 4 is 29.0 Å². The number of carbonyl (C=O) groups is 1. The highest BCUT2D eigenvalue weighted by atomic mass is 35.5. The van der Waals surface area contributed by atoms with Crippen molar-refractivity contribution in [2.75, 3.05) is 30.0 Å². The van der Waals surface area contributed by atoms with Crippen LogP contribution in [0.1, 0.15) is 22.5 Å². The summed E-state index contributed by atoms with van der Waals surface area (Å²) in [6, 6.07) is 7.54. The molecule has 12 heteroatoms. The minimum absolute atomic E-state index is 0.126. The zero-order valence-corrected chi connectivity index (χ0v) is 19.8.